The number of ether oxygens (including phenoxy) is 1. The Morgan fingerprint density at radius 1 is 1.38 bits per heavy atom. The Hall–Kier alpha value is -2.18. The Balaban J connectivity index is 2.04. The van der Waals surface area contributed by atoms with Gasteiger partial charge in [0.05, 0.1) is 19.1 Å². The van der Waals surface area contributed by atoms with Crippen LogP contribution in [0.4, 0.5) is 5.69 Å². The minimum Gasteiger partial charge on any atom is -0.478 e. The summed E-state index contributed by atoms with van der Waals surface area (Å²) in [6.07, 6.45) is 2.54. The van der Waals surface area contributed by atoms with E-state index in [2.05, 4.69) is 10.6 Å². The van der Waals surface area contributed by atoms with Crippen molar-refractivity contribution in [2.45, 2.75) is 6.04 Å². The highest BCUT2D eigenvalue weighted by molar-refractivity contribution is 5.93. The van der Waals surface area contributed by atoms with Gasteiger partial charge in [-0.05, 0) is 30.8 Å². The number of carbonyl (C=O) groups excluding carboxylic acids is 1. The van der Waals surface area contributed by atoms with Crippen LogP contribution in [-0.4, -0.2) is 43.3 Å². The van der Waals surface area contributed by atoms with Crippen molar-refractivity contribution in [3.05, 3.63) is 35.9 Å². The molecule has 1 aliphatic rings. The van der Waals surface area contributed by atoms with Crippen LogP contribution in [0.3, 0.4) is 0 Å². The smallest absolute Gasteiger partial charge is 0.328 e. The number of nitrogens with one attached hydrogen (secondary N) is 2. The summed E-state index contributed by atoms with van der Waals surface area (Å²) < 4.78 is 5.31. The molecule has 1 amide bonds. The number of carboxylic acids is 1. The number of aliphatic carboxylic acids is 1. The number of anilines is 1. The predicted molar refractivity (Wildman–Crippen MR) is 78.9 cm³/mol. The van der Waals surface area contributed by atoms with E-state index < -0.39 is 5.97 Å². The zero-order chi connectivity index (χ0) is 15.2. The summed E-state index contributed by atoms with van der Waals surface area (Å²) in [5, 5.41) is 14.5. The molecule has 1 aromatic carbocycles. The maximum atomic E-state index is 12.2. The van der Waals surface area contributed by atoms with Gasteiger partial charge in [-0.25, -0.2) is 4.79 Å². The second-order valence-corrected chi connectivity index (χ2v) is 4.83. The Morgan fingerprint density at radius 2 is 2.19 bits per heavy atom. The van der Waals surface area contributed by atoms with Gasteiger partial charge >= 0.3 is 5.97 Å². The standard InChI is InChI=1S/C15H18N2O4/c1-16-13-9-21-8-12(13)15(20)17-11-4-2-3-10(7-11)5-6-14(18)19/h2-7,12-13,16H,8-9H2,1H3,(H,17,20)(H,18,19)/b6-5+. The molecule has 1 fully saturated rings. The topological polar surface area (TPSA) is 87.7 Å². The average molecular weight is 290 g/mol. The van der Waals surface area contributed by atoms with Crippen LogP contribution in [-0.2, 0) is 14.3 Å². The third-order valence-electron chi connectivity index (χ3n) is 3.36. The molecule has 0 radical (unpaired) electrons. The fourth-order valence-corrected chi connectivity index (χ4v) is 2.22. The summed E-state index contributed by atoms with van der Waals surface area (Å²) in [5.41, 5.74) is 1.34. The lowest BCUT2D eigenvalue weighted by atomic mass is 10.0. The first-order chi connectivity index (χ1) is 10.1. The molecule has 2 rings (SSSR count). The maximum absolute atomic E-state index is 12.2. The molecule has 6 heteroatoms. The number of hydrogen-bond donors (Lipinski definition) is 3. The Kier molecular flexibility index (Phi) is 5.08. The molecular formula is C15H18N2O4. The SMILES string of the molecule is CNC1COCC1C(=O)Nc1cccc(/C=C/C(=O)O)c1. The first kappa shape index (κ1) is 15.2. The quantitative estimate of drug-likeness (QED) is 0.703. The second-order valence-electron chi connectivity index (χ2n) is 4.83. The van der Waals surface area contributed by atoms with Gasteiger partial charge in [-0.3, -0.25) is 4.79 Å². The van der Waals surface area contributed by atoms with Crippen molar-refractivity contribution in [3.63, 3.8) is 0 Å². The van der Waals surface area contributed by atoms with Gasteiger partial charge in [0.25, 0.3) is 0 Å². The third-order valence-corrected chi connectivity index (χ3v) is 3.36. The number of benzene rings is 1. The van der Waals surface area contributed by atoms with E-state index in [4.69, 9.17) is 9.84 Å². The van der Waals surface area contributed by atoms with Crippen molar-refractivity contribution >= 4 is 23.6 Å². The normalized spacial score (nSPS) is 21.6. The summed E-state index contributed by atoms with van der Waals surface area (Å²) >= 11 is 0. The zero-order valence-corrected chi connectivity index (χ0v) is 11.7. The van der Waals surface area contributed by atoms with Gasteiger partial charge in [0.2, 0.25) is 5.91 Å². The summed E-state index contributed by atoms with van der Waals surface area (Å²) in [4.78, 5) is 22.7. The number of carboxylic acid groups (broad SMARTS) is 1. The van der Waals surface area contributed by atoms with E-state index in [9.17, 15) is 9.59 Å². The van der Waals surface area contributed by atoms with Crippen LogP contribution in [0.5, 0.6) is 0 Å². The highest BCUT2D eigenvalue weighted by atomic mass is 16.5. The first-order valence-corrected chi connectivity index (χ1v) is 6.67. The minimum atomic E-state index is -1.01. The molecule has 0 bridgehead atoms. The van der Waals surface area contributed by atoms with E-state index >= 15 is 0 Å². The summed E-state index contributed by atoms with van der Waals surface area (Å²) in [7, 11) is 1.80. The molecule has 1 saturated heterocycles. The van der Waals surface area contributed by atoms with Crippen LogP contribution in [0.2, 0.25) is 0 Å². The molecule has 6 nitrogen and oxygen atoms in total. The van der Waals surface area contributed by atoms with Crippen LogP contribution in [0, 0.1) is 5.92 Å². The molecule has 1 aromatic rings. The highest BCUT2D eigenvalue weighted by Gasteiger charge is 2.32. The van der Waals surface area contributed by atoms with Gasteiger partial charge in [0, 0.05) is 17.8 Å². The molecule has 2 atom stereocenters. The predicted octanol–water partition coefficient (Wildman–Crippen LogP) is 0.957. The largest absolute Gasteiger partial charge is 0.478 e. The maximum Gasteiger partial charge on any atom is 0.328 e. The third kappa shape index (κ3) is 4.14. The fraction of sp³-hybridized carbons (Fsp3) is 0.333. The van der Waals surface area contributed by atoms with Gasteiger partial charge in [0.15, 0.2) is 0 Å². The molecule has 0 spiro atoms. The van der Waals surface area contributed by atoms with Crippen molar-refractivity contribution in [2.24, 2.45) is 5.92 Å². The van der Waals surface area contributed by atoms with Crippen LogP contribution >= 0.6 is 0 Å². The Morgan fingerprint density at radius 3 is 2.90 bits per heavy atom. The first-order valence-electron chi connectivity index (χ1n) is 6.67. The molecule has 0 aliphatic carbocycles. The van der Waals surface area contributed by atoms with E-state index in [1.165, 1.54) is 6.08 Å². The van der Waals surface area contributed by atoms with Gasteiger partial charge in [-0.1, -0.05) is 12.1 Å². The molecule has 0 saturated carbocycles. The van der Waals surface area contributed by atoms with Crippen LogP contribution in [0.15, 0.2) is 30.3 Å². The lowest BCUT2D eigenvalue weighted by molar-refractivity contribution is -0.131. The van der Waals surface area contributed by atoms with E-state index in [0.717, 1.165) is 6.08 Å². The van der Waals surface area contributed by atoms with Crippen molar-refractivity contribution < 1.29 is 19.4 Å². The molecule has 1 heterocycles. The van der Waals surface area contributed by atoms with Gasteiger partial charge in [-0.15, -0.1) is 0 Å². The number of hydrogen-bond acceptors (Lipinski definition) is 4. The molecular weight excluding hydrogens is 272 g/mol. The van der Waals surface area contributed by atoms with Gasteiger partial charge in [0.1, 0.15) is 0 Å². The lowest BCUT2D eigenvalue weighted by Gasteiger charge is -2.16. The van der Waals surface area contributed by atoms with Crippen molar-refractivity contribution in [2.75, 3.05) is 25.6 Å². The van der Waals surface area contributed by atoms with Gasteiger partial charge in [-0.2, -0.15) is 0 Å². The molecule has 3 N–H and O–H groups in total. The molecule has 112 valence electrons. The fourth-order valence-electron chi connectivity index (χ4n) is 2.22. The highest BCUT2D eigenvalue weighted by Crippen LogP contribution is 2.18. The van der Waals surface area contributed by atoms with Crippen molar-refractivity contribution in [1.29, 1.82) is 0 Å². The van der Waals surface area contributed by atoms with Crippen LogP contribution < -0.4 is 10.6 Å². The summed E-state index contributed by atoms with van der Waals surface area (Å²) in [6.45, 7) is 0.923. The molecule has 1 aliphatic heterocycles. The summed E-state index contributed by atoms with van der Waals surface area (Å²) in [5.74, 6) is -1.34. The Labute approximate surface area is 122 Å². The Bertz CT molecular complexity index is 556. The zero-order valence-electron chi connectivity index (χ0n) is 11.7. The van der Waals surface area contributed by atoms with Crippen molar-refractivity contribution in [3.8, 4) is 0 Å². The van der Waals surface area contributed by atoms with Gasteiger partial charge < -0.3 is 20.5 Å². The van der Waals surface area contributed by atoms with Crippen molar-refractivity contribution in [1.82, 2.24) is 5.32 Å². The number of carbonyl (C=O) groups is 2. The van der Waals surface area contributed by atoms with E-state index in [-0.39, 0.29) is 17.9 Å². The number of likely N-dealkylation sites (N-methyl/N-ethyl adjacent to an activating group) is 1. The van der Waals surface area contributed by atoms with Crippen LogP contribution in [0.1, 0.15) is 5.56 Å². The minimum absolute atomic E-state index is 0.0140. The average Bonchev–Trinajstić information content (AvgIpc) is 2.94. The van der Waals surface area contributed by atoms with E-state index in [0.29, 0.717) is 24.5 Å². The summed E-state index contributed by atoms with van der Waals surface area (Å²) in [6, 6.07) is 7.03. The second kappa shape index (κ2) is 7.01. The number of rotatable bonds is 5. The lowest BCUT2D eigenvalue weighted by Crippen LogP contribution is -2.39. The van der Waals surface area contributed by atoms with E-state index in [1.54, 1.807) is 31.3 Å². The molecule has 0 aromatic heterocycles. The van der Waals surface area contributed by atoms with E-state index in [1.807, 2.05) is 0 Å². The molecule has 21 heavy (non-hydrogen) atoms. The van der Waals surface area contributed by atoms with Crippen LogP contribution in [0.25, 0.3) is 6.08 Å². The number of amides is 1. The molecule has 2 unspecified atom stereocenters. The monoisotopic (exact) mass is 290 g/mol.